The molecule has 1 aromatic heterocycles. The molecule has 0 aromatic carbocycles. The molecule has 0 amide bonds. The van der Waals surface area contributed by atoms with Crippen LogP contribution >= 0.6 is 0 Å². The highest BCUT2D eigenvalue weighted by Crippen LogP contribution is 2.28. The minimum Gasteiger partial charge on any atom is -0.381 e. The molecule has 3 N–H and O–H groups in total. The Morgan fingerprint density at radius 2 is 1.95 bits per heavy atom. The molecule has 1 fully saturated rings. The third-order valence-electron chi connectivity index (χ3n) is 4.27. The van der Waals surface area contributed by atoms with Crippen molar-refractivity contribution in [2.24, 2.45) is 13.0 Å². The van der Waals surface area contributed by atoms with Crippen LogP contribution in [0.5, 0.6) is 0 Å². The molecule has 6 nitrogen and oxygen atoms in total. The highest BCUT2D eigenvalue weighted by Gasteiger charge is 2.29. The number of sulfonamides is 1. The van der Waals surface area contributed by atoms with Crippen LogP contribution in [-0.2, 0) is 17.1 Å². The number of nitrogens with zero attached hydrogens (tertiary/aromatic N) is 2. The first-order valence-electron chi connectivity index (χ1n) is 7.14. The monoisotopic (exact) mass is 300 g/mol. The standard InChI is InChI=1S/C13H24N4O2S/c1-9(11-7-5-4-6-8-11)16-20(18,19)12-10(2)17(3)15-13(12)14/h9,11,16H,4-8H2,1-3H3,(H2,14,15). The molecule has 7 heteroatoms. The lowest BCUT2D eigenvalue weighted by Crippen LogP contribution is -2.39. The summed E-state index contributed by atoms with van der Waals surface area (Å²) in [6.07, 6.45) is 5.80. The molecule has 1 aliphatic rings. The van der Waals surface area contributed by atoms with Crippen LogP contribution in [0.25, 0.3) is 0 Å². The molecule has 1 aliphatic carbocycles. The van der Waals surface area contributed by atoms with Crippen molar-refractivity contribution < 1.29 is 8.42 Å². The van der Waals surface area contributed by atoms with Crippen LogP contribution in [0, 0.1) is 12.8 Å². The number of hydrogen-bond donors (Lipinski definition) is 2. The summed E-state index contributed by atoms with van der Waals surface area (Å²) >= 11 is 0. The Kier molecular flexibility index (Phi) is 4.39. The molecule has 20 heavy (non-hydrogen) atoms. The van der Waals surface area contributed by atoms with Gasteiger partial charge in [0.1, 0.15) is 4.90 Å². The van der Waals surface area contributed by atoms with Gasteiger partial charge in [-0.15, -0.1) is 0 Å². The Morgan fingerprint density at radius 1 is 1.35 bits per heavy atom. The van der Waals surface area contributed by atoms with E-state index in [0.717, 1.165) is 12.8 Å². The van der Waals surface area contributed by atoms with Crippen molar-refractivity contribution in [2.45, 2.75) is 56.9 Å². The fraction of sp³-hybridized carbons (Fsp3) is 0.769. The summed E-state index contributed by atoms with van der Waals surface area (Å²) in [6.45, 7) is 3.65. The normalized spacial score (nSPS) is 19.1. The van der Waals surface area contributed by atoms with Crippen LogP contribution in [0.3, 0.4) is 0 Å². The molecule has 1 saturated carbocycles. The molecular weight excluding hydrogens is 276 g/mol. The molecule has 1 unspecified atom stereocenters. The van der Waals surface area contributed by atoms with Crippen molar-refractivity contribution in [1.29, 1.82) is 0 Å². The summed E-state index contributed by atoms with van der Waals surface area (Å²) in [5.74, 6) is 0.477. The summed E-state index contributed by atoms with van der Waals surface area (Å²) in [5.41, 5.74) is 6.29. The van der Waals surface area contributed by atoms with Gasteiger partial charge in [0.25, 0.3) is 0 Å². The lowest BCUT2D eigenvalue weighted by atomic mass is 9.85. The van der Waals surface area contributed by atoms with Gasteiger partial charge in [-0.2, -0.15) is 5.10 Å². The van der Waals surface area contributed by atoms with Gasteiger partial charge in [0.15, 0.2) is 5.82 Å². The maximum absolute atomic E-state index is 12.5. The van der Waals surface area contributed by atoms with Gasteiger partial charge in [-0.1, -0.05) is 19.3 Å². The molecule has 0 spiro atoms. The minimum absolute atomic E-state index is 0.0633. The van der Waals surface area contributed by atoms with Gasteiger partial charge in [-0.05, 0) is 32.6 Å². The fourth-order valence-corrected chi connectivity index (χ4v) is 4.62. The minimum atomic E-state index is -3.61. The number of hydrogen-bond acceptors (Lipinski definition) is 4. The number of aromatic nitrogens is 2. The van der Waals surface area contributed by atoms with Crippen molar-refractivity contribution in [3.63, 3.8) is 0 Å². The Hall–Kier alpha value is -1.08. The van der Waals surface area contributed by atoms with E-state index >= 15 is 0 Å². The Labute approximate surface area is 120 Å². The van der Waals surface area contributed by atoms with Crippen LogP contribution in [0.2, 0.25) is 0 Å². The van der Waals surface area contributed by atoms with Crippen molar-refractivity contribution in [3.05, 3.63) is 5.69 Å². The zero-order valence-electron chi connectivity index (χ0n) is 12.4. The van der Waals surface area contributed by atoms with E-state index in [9.17, 15) is 8.42 Å². The molecule has 2 rings (SSSR count). The van der Waals surface area contributed by atoms with E-state index in [0.29, 0.717) is 11.6 Å². The Bertz CT molecular complexity index is 573. The second kappa shape index (κ2) is 5.73. The highest BCUT2D eigenvalue weighted by atomic mass is 32.2. The number of anilines is 1. The molecule has 0 aliphatic heterocycles. The largest absolute Gasteiger partial charge is 0.381 e. The second-order valence-electron chi connectivity index (χ2n) is 5.73. The maximum Gasteiger partial charge on any atom is 0.246 e. The lowest BCUT2D eigenvalue weighted by Gasteiger charge is -2.28. The van der Waals surface area contributed by atoms with Crippen LogP contribution in [0.4, 0.5) is 5.82 Å². The molecule has 0 radical (unpaired) electrons. The zero-order valence-corrected chi connectivity index (χ0v) is 13.2. The quantitative estimate of drug-likeness (QED) is 0.883. The molecule has 114 valence electrons. The number of rotatable bonds is 4. The van der Waals surface area contributed by atoms with Crippen molar-refractivity contribution in [1.82, 2.24) is 14.5 Å². The number of nitrogen functional groups attached to an aromatic ring is 1. The maximum atomic E-state index is 12.5. The summed E-state index contributed by atoms with van der Waals surface area (Å²) in [5, 5.41) is 3.97. The number of aryl methyl sites for hydroxylation is 1. The topological polar surface area (TPSA) is 90.0 Å². The van der Waals surface area contributed by atoms with Crippen LogP contribution in [0.1, 0.15) is 44.7 Å². The van der Waals surface area contributed by atoms with E-state index < -0.39 is 10.0 Å². The van der Waals surface area contributed by atoms with Gasteiger partial charge >= 0.3 is 0 Å². The van der Waals surface area contributed by atoms with E-state index in [1.807, 2.05) is 6.92 Å². The van der Waals surface area contributed by atoms with Crippen molar-refractivity contribution in [3.8, 4) is 0 Å². The van der Waals surface area contributed by atoms with Gasteiger partial charge in [0.2, 0.25) is 10.0 Å². The lowest BCUT2D eigenvalue weighted by molar-refractivity contribution is 0.303. The van der Waals surface area contributed by atoms with Gasteiger partial charge in [-0.25, -0.2) is 13.1 Å². The third kappa shape index (κ3) is 2.98. The summed E-state index contributed by atoms with van der Waals surface area (Å²) in [6, 6.07) is -0.0701. The first kappa shape index (κ1) is 15.3. The van der Waals surface area contributed by atoms with Crippen LogP contribution in [0.15, 0.2) is 4.90 Å². The van der Waals surface area contributed by atoms with Gasteiger partial charge in [-0.3, -0.25) is 4.68 Å². The number of nitrogens with two attached hydrogens (primary N) is 1. The average molecular weight is 300 g/mol. The SMILES string of the molecule is Cc1c(S(=O)(=O)NC(C)C2CCCCC2)c(N)nn1C. The van der Waals surface area contributed by atoms with Crippen LogP contribution in [-0.4, -0.2) is 24.2 Å². The predicted molar refractivity (Wildman–Crippen MR) is 78.7 cm³/mol. The van der Waals surface area contributed by atoms with Gasteiger partial charge in [0, 0.05) is 13.1 Å². The second-order valence-corrected chi connectivity index (χ2v) is 7.38. The van der Waals surface area contributed by atoms with E-state index in [-0.39, 0.29) is 16.8 Å². The molecule has 1 aromatic rings. The van der Waals surface area contributed by atoms with Gasteiger partial charge < -0.3 is 5.73 Å². The smallest absolute Gasteiger partial charge is 0.246 e. The zero-order chi connectivity index (χ0) is 14.9. The van der Waals surface area contributed by atoms with E-state index in [4.69, 9.17) is 5.73 Å². The third-order valence-corrected chi connectivity index (χ3v) is 6.00. The fourth-order valence-electron chi connectivity index (χ4n) is 2.98. The first-order chi connectivity index (χ1) is 9.33. The summed E-state index contributed by atoms with van der Waals surface area (Å²) < 4.78 is 29.3. The van der Waals surface area contributed by atoms with Gasteiger partial charge in [0.05, 0.1) is 5.69 Å². The Morgan fingerprint density at radius 3 is 2.45 bits per heavy atom. The van der Waals surface area contributed by atoms with E-state index in [1.54, 1.807) is 14.0 Å². The van der Waals surface area contributed by atoms with Crippen molar-refractivity contribution >= 4 is 15.8 Å². The van der Waals surface area contributed by atoms with E-state index in [2.05, 4.69) is 9.82 Å². The van der Waals surface area contributed by atoms with Crippen molar-refractivity contribution in [2.75, 3.05) is 5.73 Å². The molecule has 1 atom stereocenters. The van der Waals surface area contributed by atoms with Crippen LogP contribution < -0.4 is 10.5 Å². The molecule has 0 saturated heterocycles. The summed E-state index contributed by atoms with van der Waals surface area (Å²) in [7, 11) is -1.92. The summed E-state index contributed by atoms with van der Waals surface area (Å²) in [4.78, 5) is 0.114. The number of nitrogens with one attached hydrogen (secondary N) is 1. The molecule has 1 heterocycles. The molecular formula is C13H24N4O2S. The van der Waals surface area contributed by atoms with E-state index in [1.165, 1.54) is 23.9 Å². The Balaban J connectivity index is 2.18. The predicted octanol–water partition coefficient (Wildman–Crippen LogP) is 1.56. The molecule has 0 bridgehead atoms. The average Bonchev–Trinajstić information content (AvgIpc) is 2.64. The highest BCUT2D eigenvalue weighted by molar-refractivity contribution is 7.89. The first-order valence-corrected chi connectivity index (χ1v) is 8.62.